The minimum Gasteiger partial charge on any atom is -0.452 e. The van der Waals surface area contributed by atoms with Gasteiger partial charge in [0.05, 0.1) is 16.8 Å². The van der Waals surface area contributed by atoms with Gasteiger partial charge in [-0.3, -0.25) is 4.79 Å². The van der Waals surface area contributed by atoms with E-state index in [1.807, 2.05) is 48.5 Å². The molecule has 0 atom stereocenters. The van der Waals surface area contributed by atoms with Crippen LogP contribution in [0.1, 0.15) is 15.9 Å². The van der Waals surface area contributed by atoms with Crippen molar-refractivity contribution < 1.29 is 18.7 Å². The smallest absolute Gasteiger partial charge is 0.339 e. The highest BCUT2D eigenvalue weighted by molar-refractivity contribution is 6.05. The number of esters is 1. The number of nitrogens with zero attached hydrogens (tertiary/aromatic N) is 1. The summed E-state index contributed by atoms with van der Waals surface area (Å²) in [6.07, 6.45) is 0. The predicted octanol–water partition coefficient (Wildman–Crippen LogP) is 5.14. The Morgan fingerprint density at radius 2 is 1.71 bits per heavy atom. The van der Waals surface area contributed by atoms with E-state index in [1.54, 1.807) is 31.2 Å². The van der Waals surface area contributed by atoms with Gasteiger partial charge in [-0.1, -0.05) is 54.6 Å². The van der Waals surface area contributed by atoms with Gasteiger partial charge in [0.1, 0.15) is 5.82 Å². The molecule has 0 aliphatic heterocycles. The Morgan fingerprint density at radius 1 is 0.968 bits per heavy atom. The third-order valence-electron chi connectivity index (χ3n) is 4.80. The van der Waals surface area contributed by atoms with Crippen LogP contribution in [0.2, 0.25) is 0 Å². The van der Waals surface area contributed by atoms with Gasteiger partial charge in [0, 0.05) is 16.6 Å². The maximum Gasteiger partial charge on any atom is 0.339 e. The Hall–Kier alpha value is -4.06. The van der Waals surface area contributed by atoms with Crippen LogP contribution in [-0.4, -0.2) is 23.5 Å². The minimum absolute atomic E-state index is 0.296. The van der Waals surface area contributed by atoms with Gasteiger partial charge in [0.2, 0.25) is 0 Å². The lowest BCUT2D eigenvalue weighted by molar-refractivity contribution is -0.119. The fourth-order valence-corrected chi connectivity index (χ4v) is 3.18. The molecule has 0 aliphatic rings. The average molecular weight is 414 g/mol. The van der Waals surface area contributed by atoms with Crippen LogP contribution in [0.15, 0.2) is 78.9 Å². The van der Waals surface area contributed by atoms with Crippen molar-refractivity contribution in [1.82, 2.24) is 4.98 Å². The normalized spacial score (nSPS) is 10.6. The molecular formula is C25H19FN2O3. The van der Waals surface area contributed by atoms with Gasteiger partial charge in [-0.15, -0.1) is 0 Å². The zero-order valence-electron chi connectivity index (χ0n) is 16.8. The summed E-state index contributed by atoms with van der Waals surface area (Å²) in [5, 5.41) is 3.16. The van der Waals surface area contributed by atoms with Crippen molar-refractivity contribution in [3.8, 4) is 11.3 Å². The van der Waals surface area contributed by atoms with Crippen molar-refractivity contribution in [2.75, 3.05) is 11.9 Å². The molecule has 5 nitrogen and oxygen atoms in total. The molecule has 6 heteroatoms. The summed E-state index contributed by atoms with van der Waals surface area (Å²) in [6.45, 7) is 1.14. The van der Waals surface area contributed by atoms with Crippen molar-refractivity contribution in [3.63, 3.8) is 0 Å². The molecule has 1 amide bonds. The van der Waals surface area contributed by atoms with Gasteiger partial charge in [-0.25, -0.2) is 14.2 Å². The lowest BCUT2D eigenvalue weighted by Crippen LogP contribution is -2.21. The zero-order chi connectivity index (χ0) is 21.8. The van der Waals surface area contributed by atoms with Crippen LogP contribution in [-0.2, 0) is 9.53 Å². The molecule has 1 aromatic heterocycles. The zero-order valence-corrected chi connectivity index (χ0v) is 16.8. The largest absolute Gasteiger partial charge is 0.452 e. The molecule has 0 spiro atoms. The van der Waals surface area contributed by atoms with Gasteiger partial charge < -0.3 is 10.1 Å². The van der Waals surface area contributed by atoms with E-state index in [1.165, 1.54) is 6.07 Å². The summed E-state index contributed by atoms with van der Waals surface area (Å²) < 4.78 is 18.9. The van der Waals surface area contributed by atoms with E-state index in [9.17, 15) is 14.0 Å². The van der Waals surface area contributed by atoms with E-state index in [2.05, 4.69) is 10.3 Å². The first-order valence-electron chi connectivity index (χ1n) is 9.69. The maximum atomic E-state index is 13.6. The third-order valence-corrected chi connectivity index (χ3v) is 4.80. The number of pyridine rings is 1. The number of hydrogen-bond donors (Lipinski definition) is 1. The number of amides is 1. The number of hydrogen-bond acceptors (Lipinski definition) is 4. The fraction of sp³-hybridized carbons (Fsp3) is 0.0800. The number of benzene rings is 3. The third kappa shape index (κ3) is 4.59. The van der Waals surface area contributed by atoms with Crippen molar-refractivity contribution in [3.05, 3.63) is 95.8 Å². The Balaban J connectivity index is 1.54. The molecule has 4 aromatic rings. The second kappa shape index (κ2) is 8.75. The first-order valence-corrected chi connectivity index (χ1v) is 9.69. The lowest BCUT2D eigenvalue weighted by atomic mass is 10.0. The number of anilines is 1. The molecule has 154 valence electrons. The standard InChI is InChI=1S/C25H19FN2O3/c1-16-11-12-18(13-21(16)26)27-24(29)15-31-25(30)20-14-23(17-7-3-2-4-8-17)28-22-10-6-5-9-19(20)22/h2-14H,15H2,1H3,(H,27,29). The predicted molar refractivity (Wildman–Crippen MR) is 117 cm³/mol. The van der Waals surface area contributed by atoms with E-state index in [-0.39, 0.29) is 0 Å². The van der Waals surface area contributed by atoms with Crippen LogP contribution in [0.5, 0.6) is 0 Å². The van der Waals surface area contributed by atoms with Crippen LogP contribution in [0, 0.1) is 12.7 Å². The molecule has 0 saturated heterocycles. The summed E-state index contributed by atoms with van der Waals surface area (Å²) >= 11 is 0. The van der Waals surface area contributed by atoms with Crippen LogP contribution < -0.4 is 5.32 Å². The van der Waals surface area contributed by atoms with Gasteiger partial charge >= 0.3 is 5.97 Å². The van der Waals surface area contributed by atoms with E-state index in [0.29, 0.717) is 33.4 Å². The maximum absolute atomic E-state index is 13.6. The number of aryl methyl sites for hydroxylation is 1. The Labute approximate surface area is 178 Å². The Kier molecular flexibility index (Phi) is 5.71. The molecule has 0 saturated carbocycles. The number of aromatic nitrogens is 1. The van der Waals surface area contributed by atoms with Gasteiger partial charge in [0.25, 0.3) is 5.91 Å². The van der Waals surface area contributed by atoms with Gasteiger partial charge in [-0.2, -0.15) is 0 Å². The van der Waals surface area contributed by atoms with E-state index in [4.69, 9.17) is 4.74 Å². The summed E-state index contributed by atoms with van der Waals surface area (Å²) in [6, 6.07) is 22.8. The first kappa shape index (κ1) is 20.2. The Bertz CT molecular complexity index is 1270. The highest BCUT2D eigenvalue weighted by Crippen LogP contribution is 2.25. The molecule has 0 fully saturated rings. The summed E-state index contributed by atoms with van der Waals surface area (Å²) in [4.78, 5) is 29.6. The van der Waals surface area contributed by atoms with Crippen molar-refractivity contribution in [1.29, 1.82) is 0 Å². The quantitative estimate of drug-likeness (QED) is 0.459. The average Bonchev–Trinajstić information content (AvgIpc) is 2.79. The molecule has 31 heavy (non-hydrogen) atoms. The number of halogens is 1. The number of para-hydroxylation sites is 1. The summed E-state index contributed by atoms with van der Waals surface area (Å²) in [7, 11) is 0. The van der Waals surface area contributed by atoms with Crippen molar-refractivity contribution in [2.45, 2.75) is 6.92 Å². The number of nitrogens with one attached hydrogen (secondary N) is 1. The lowest BCUT2D eigenvalue weighted by Gasteiger charge is -2.11. The number of rotatable bonds is 5. The molecule has 4 rings (SSSR count). The van der Waals surface area contributed by atoms with Gasteiger partial charge in [0.15, 0.2) is 6.61 Å². The van der Waals surface area contributed by atoms with Crippen LogP contribution >= 0.6 is 0 Å². The number of ether oxygens (including phenoxy) is 1. The van der Waals surface area contributed by atoms with Crippen molar-refractivity contribution in [2.24, 2.45) is 0 Å². The van der Waals surface area contributed by atoms with E-state index < -0.39 is 24.3 Å². The first-order chi connectivity index (χ1) is 15.0. The highest BCUT2D eigenvalue weighted by Gasteiger charge is 2.16. The molecular weight excluding hydrogens is 395 g/mol. The number of carbonyl (C=O) groups excluding carboxylic acids is 2. The summed E-state index contributed by atoms with van der Waals surface area (Å²) in [5.41, 5.74) is 3.23. The Morgan fingerprint density at radius 3 is 2.48 bits per heavy atom. The highest BCUT2D eigenvalue weighted by atomic mass is 19.1. The molecule has 0 radical (unpaired) electrons. The molecule has 0 unspecified atom stereocenters. The molecule has 1 heterocycles. The second-order valence-corrected chi connectivity index (χ2v) is 7.03. The fourth-order valence-electron chi connectivity index (χ4n) is 3.18. The van der Waals surface area contributed by atoms with E-state index >= 15 is 0 Å². The molecule has 1 N–H and O–H groups in total. The van der Waals surface area contributed by atoms with Crippen LogP contribution in [0.25, 0.3) is 22.2 Å². The van der Waals surface area contributed by atoms with Crippen molar-refractivity contribution >= 4 is 28.5 Å². The molecule has 0 bridgehead atoms. The number of fused-ring (bicyclic) bond motifs is 1. The van der Waals surface area contributed by atoms with Crippen LogP contribution in [0.4, 0.5) is 10.1 Å². The molecule has 0 aliphatic carbocycles. The summed E-state index contributed by atoms with van der Waals surface area (Å²) in [5.74, 6) is -1.62. The second-order valence-electron chi connectivity index (χ2n) is 7.03. The minimum atomic E-state index is -0.638. The topological polar surface area (TPSA) is 68.3 Å². The van der Waals surface area contributed by atoms with Crippen LogP contribution in [0.3, 0.4) is 0 Å². The SMILES string of the molecule is Cc1ccc(NC(=O)COC(=O)c2cc(-c3ccccc3)nc3ccccc23)cc1F. The number of carbonyl (C=O) groups is 2. The monoisotopic (exact) mass is 414 g/mol. The van der Waals surface area contributed by atoms with Gasteiger partial charge in [-0.05, 0) is 36.8 Å². The van der Waals surface area contributed by atoms with E-state index in [0.717, 1.165) is 5.56 Å². The molecule has 3 aromatic carbocycles.